The highest BCUT2D eigenvalue weighted by Crippen LogP contribution is 2.22. The van der Waals surface area contributed by atoms with Crippen molar-refractivity contribution in [1.82, 2.24) is 15.1 Å². The van der Waals surface area contributed by atoms with Gasteiger partial charge in [-0.1, -0.05) is 0 Å². The molecule has 15 heavy (non-hydrogen) atoms. The van der Waals surface area contributed by atoms with Gasteiger partial charge in [-0.15, -0.1) is 0 Å². The quantitative estimate of drug-likeness (QED) is 0.710. The van der Waals surface area contributed by atoms with Crippen LogP contribution in [0.1, 0.15) is 24.2 Å². The third kappa shape index (κ3) is 1.74. The number of methoxy groups -OCH3 is 1. The summed E-state index contributed by atoms with van der Waals surface area (Å²) in [6.45, 7) is 3.64. The van der Waals surface area contributed by atoms with Crippen LogP contribution in [0.2, 0.25) is 0 Å². The third-order valence-corrected chi connectivity index (χ3v) is 2.65. The molecule has 0 saturated carbocycles. The molecule has 0 bridgehead atoms. The van der Waals surface area contributed by atoms with Crippen LogP contribution in [0, 0.1) is 0 Å². The molecule has 0 fully saturated rings. The summed E-state index contributed by atoms with van der Waals surface area (Å²) in [5.41, 5.74) is 1.96. The van der Waals surface area contributed by atoms with Gasteiger partial charge >= 0.3 is 5.97 Å². The maximum atomic E-state index is 11.5. The molecule has 5 nitrogen and oxygen atoms in total. The SMILES string of the molecule is CCn1cc2c(n1)C(C(=O)OC)NCC2. The molecule has 0 radical (unpaired) electrons. The van der Waals surface area contributed by atoms with E-state index in [9.17, 15) is 4.79 Å². The average Bonchev–Trinajstić information content (AvgIpc) is 2.70. The lowest BCUT2D eigenvalue weighted by Crippen LogP contribution is -2.35. The van der Waals surface area contributed by atoms with Gasteiger partial charge in [0, 0.05) is 19.3 Å². The number of carbonyl (C=O) groups is 1. The maximum Gasteiger partial charge on any atom is 0.329 e. The van der Waals surface area contributed by atoms with Crippen LogP contribution in [-0.4, -0.2) is 29.4 Å². The van der Waals surface area contributed by atoms with E-state index in [1.165, 1.54) is 7.11 Å². The number of fused-ring (bicyclic) bond motifs is 1. The fraction of sp³-hybridized carbons (Fsp3) is 0.600. The first-order valence-electron chi connectivity index (χ1n) is 5.13. The second kappa shape index (κ2) is 4.02. The molecular formula is C10H15N3O2. The highest BCUT2D eigenvalue weighted by atomic mass is 16.5. The van der Waals surface area contributed by atoms with E-state index in [-0.39, 0.29) is 5.97 Å². The van der Waals surface area contributed by atoms with Crippen molar-refractivity contribution in [3.05, 3.63) is 17.5 Å². The first kappa shape index (κ1) is 10.2. The Morgan fingerprint density at radius 1 is 1.80 bits per heavy atom. The number of esters is 1. The number of aromatic nitrogens is 2. The predicted molar refractivity (Wildman–Crippen MR) is 54.4 cm³/mol. The van der Waals surface area contributed by atoms with E-state index < -0.39 is 6.04 Å². The van der Waals surface area contributed by atoms with Gasteiger partial charge in [0.2, 0.25) is 0 Å². The molecular weight excluding hydrogens is 194 g/mol. The van der Waals surface area contributed by atoms with Gasteiger partial charge in [0.1, 0.15) is 0 Å². The normalized spacial score (nSPS) is 19.7. The van der Waals surface area contributed by atoms with E-state index >= 15 is 0 Å². The van der Waals surface area contributed by atoms with Gasteiger partial charge in [0.15, 0.2) is 6.04 Å². The molecule has 1 aromatic heterocycles. The summed E-state index contributed by atoms with van der Waals surface area (Å²) >= 11 is 0. The summed E-state index contributed by atoms with van der Waals surface area (Å²) in [5.74, 6) is -0.266. The average molecular weight is 209 g/mol. The Balaban J connectivity index is 2.33. The van der Waals surface area contributed by atoms with Crippen molar-refractivity contribution in [3.8, 4) is 0 Å². The zero-order valence-electron chi connectivity index (χ0n) is 8.99. The molecule has 0 aliphatic carbocycles. The first-order chi connectivity index (χ1) is 7.26. The minimum Gasteiger partial charge on any atom is -0.468 e. The molecule has 1 N–H and O–H groups in total. The van der Waals surface area contributed by atoms with Crippen molar-refractivity contribution in [2.24, 2.45) is 0 Å². The molecule has 2 heterocycles. The maximum absolute atomic E-state index is 11.5. The second-order valence-electron chi connectivity index (χ2n) is 3.56. The van der Waals surface area contributed by atoms with Gasteiger partial charge in [-0.3, -0.25) is 10.00 Å². The fourth-order valence-corrected chi connectivity index (χ4v) is 1.84. The van der Waals surface area contributed by atoms with Gasteiger partial charge in [-0.05, 0) is 18.9 Å². The van der Waals surface area contributed by atoms with Crippen LogP contribution in [0.15, 0.2) is 6.20 Å². The molecule has 1 aliphatic heterocycles. The van der Waals surface area contributed by atoms with E-state index in [4.69, 9.17) is 4.74 Å². The second-order valence-corrected chi connectivity index (χ2v) is 3.56. The van der Waals surface area contributed by atoms with Gasteiger partial charge in [0.05, 0.1) is 12.8 Å². The molecule has 1 aromatic rings. The van der Waals surface area contributed by atoms with Crippen LogP contribution in [-0.2, 0) is 22.5 Å². The van der Waals surface area contributed by atoms with Gasteiger partial charge < -0.3 is 4.74 Å². The molecule has 82 valence electrons. The smallest absolute Gasteiger partial charge is 0.329 e. The van der Waals surface area contributed by atoms with Crippen LogP contribution in [0.3, 0.4) is 0 Å². The molecule has 1 aliphatic rings. The lowest BCUT2D eigenvalue weighted by atomic mass is 10.0. The monoisotopic (exact) mass is 209 g/mol. The summed E-state index contributed by atoms with van der Waals surface area (Å²) in [6.07, 6.45) is 2.93. The van der Waals surface area contributed by atoms with Gasteiger partial charge in [-0.25, -0.2) is 4.79 Å². The Morgan fingerprint density at radius 3 is 3.27 bits per heavy atom. The van der Waals surface area contributed by atoms with Gasteiger partial charge in [-0.2, -0.15) is 5.10 Å². The van der Waals surface area contributed by atoms with Crippen LogP contribution in [0.4, 0.5) is 0 Å². The van der Waals surface area contributed by atoms with Crippen molar-refractivity contribution in [2.75, 3.05) is 13.7 Å². The van der Waals surface area contributed by atoms with Crippen LogP contribution >= 0.6 is 0 Å². The summed E-state index contributed by atoms with van der Waals surface area (Å²) in [7, 11) is 1.40. The number of nitrogens with zero attached hydrogens (tertiary/aromatic N) is 2. The lowest BCUT2D eigenvalue weighted by molar-refractivity contribution is -0.143. The van der Waals surface area contributed by atoms with Crippen molar-refractivity contribution in [2.45, 2.75) is 25.9 Å². The zero-order chi connectivity index (χ0) is 10.8. The highest BCUT2D eigenvalue weighted by Gasteiger charge is 2.29. The molecule has 0 saturated heterocycles. The molecule has 0 amide bonds. The molecule has 1 unspecified atom stereocenters. The minimum absolute atomic E-state index is 0.266. The summed E-state index contributed by atoms with van der Waals surface area (Å²) in [6, 6.07) is -0.397. The van der Waals surface area contributed by atoms with E-state index in [0.717, 1.165) is 30.8 Å². The number of carbonyl (C=O) groups excluding carboxylic acids is 1. The van der Waals surface area contributed by atoms with Crippen LogP contribution in [0.25, 0.3) is 0 Å². The molecule has 0 spiro atoms. The van der Waals surface area contributed by atoms with Gasteiger partial charge in [0.25, 0.3) is 0 Å². The first-order valence-corrected chi connectivity index (χ1v) is 5.13. The Hall–Kier alpha value is -1.36. The van der Waals surface area contributed by atoms with Crippen LogP contribution < -0.4 is 5.32 Å². The Bertz CT molecular complexity index is 373. The molecule has 2 rings (SSSR count). The highest BCUT2D eigenvalue weighted by molar-refractivity contribution is 5.77. The standard InChI is InChI=1S/C10H15N3O2/c1-3-13-6-7-4-5-11-9(8(7)12-13)10(14)15-2/h6,9,11H,3-5H2,1-2H3. The number of hydrogen-bond donors (Lipinski definition) is 1. The van der Waals surface area contributed by atoms with Crippen molar-refractivity contribution in [1.29, 1.82) is 0 Å². The number of aryl methyl sites for hydroxylation is 1. The van der Waals surface area contributed by atoms with Crippen molar-refractivity contribution < 1.29 is 9.53 Å². The molecule has 1 atom stereocenters. The van der Waals surface area contributed by atoms with E-state index in [0.29, 0.717) is 0 Å². The van der Waals surface area contributed by atoms with Crippen molar-refractivity contribution >= 4 is 5.97 Å². The molecule has 5 heteroatoms. The summed E-state index contributed by atoms with van der Waals surface area (Å²) in [4.78, 5) is 11.5. The third-order valence-electron chi connectivity index (χ3n) is 2.65. The predicted octanol–water partition coefficient (Wildman–Crippen LogP) is 0.263. The number of nitrogens with one attached hydrogen (secondary N) is 1. The lowest BCUT2D eigenvalue weighted by Gasteiger charge is -2.20. The Labute approximate surface area is 88.4 Å². The summed E-state index contributed by atoms with van der Waals surface area (Å²) < 4.78 is 6.59. The van der Waals surface area contributed by atoms with Crippen molar-refractivity contribution in [3.63, 3.8) is 0 Å². The van der Waals surface area contributed by atoms with Crippen LogP contribution in [0.5, 0.6) is 0 Å². The van der Waals surface area contributed by atoms with E-state index in [1.54, 1.807) is 0 Å². The zero-order valence-corrected chi connectivity index (χ0v) is 8.99. The topological polar surface area (TPSA) is 56.2 Å². The number of rotatable bonds is 2. The molecule has 0 aromatic carbocycles. The largest absolute Gasteiger partial charge is 0.468 e. The van der Waals surface area contributed by atoms with E-state index in [1.807, 2.05) is 17.8 Å². The Kier molecular flexibility index (Phi) is 2.73. The number of hydrogen-bond acceptors (Lipinski definition) is 4. The fourth-order valence-electron chi connectivity index (χ4n) is 1.84. The van der Waals surface area contributed by atoms with E-state index in [2.05, 4.69) is 10.4 Å². The minimum atomic E-state index is -0.397. The number of ether oxygens (including phenoxy) is 1. The summed E-state index contributed by atoms with van der Waals surface area (Å²) in [5, 5.41) is 7.49. The Morgan fingerprint density at radius 2 is 2.60 bits per heavy atom.